The molecule has 31 heavy (non-hydrogen) atoms. The van der Waals surface area contributed by atoms with Crippen molar-refractivity contribution in [1.82, 2.24) is 25.3 Å². The summed E-state index contributed by atoms with van der Waals surface area (Å²) >= 11 is 0. The predicted molar refractivity (Wildman–Crippen MR) is 113 cm³/mol. The van der Waals surface area contributed by atoms with Gasteiger partial charge in [-0.15, -0.1) is 0 Å². The number of fused-ring (bicyclic) bond motifs is 1. The lowest BCUT2D eigenvalue weighted by Crippen LogP contribution is -2.52. The molecule has 162 valence electrons. The Balaban J connectivity index is 1.37. The number of rotatable bonds is 5. The Bertz CT molecular complexity index is 1090. The van der Waals surface area contributed by atoms with Crippen LogP contribution in [0.15, 0.2) is 18.2 Å². The van der Waals surface area contributed by atoms with Crippen molar-refractivity contribution < 1.29 is 14.4 Å². The monoisotopic (exact) mass is 422 g/mol. The fraction of sp³-hybridized carbons (Fsp3) is 0.455. The number of imide groups is 1. The van der Waals surface area contributed by atoms with Crippen molar-refractivity contribution in [2.45, 2.75) is 44.8 Å². The molecule has 0 aliphatic carbocycles. The maximum Gasteiger partial charge on any atom is 0.255 e. The van der Waals surface area contributed by atoms with Crippen LogP contribution in [-0.4, -0.2) is 51.5 Å². The maximum absolute atomic E-state index is 13.0. The average molecular weight is 422 g/mol. The van der Waals surface area contributed by atoms with Crippen LogP contribution in [0.5, 0.6) is 0 Å². The van der Waals surface area contributed by atoms with E-state index in [-0.39, 0.29) is 24.1 Å². The third-order valence-electron chi connectivity index (χ3n) is 6.57. The van der Waals surface area contributed by atoms with E-state index in [2.05, 4.69) is 21.0 Å². The first-order valence-corrected chi connectivity index (χ1v) is 10.7. The maximum atomic E-state index is 13.0. The molecule has 0 radical (unpaired) electrons. The summed E-state index contributed by atoms with van der Waals surface area (Å²) in [5.74, 6) is -0.369. The number of aromatic nitrogens is 2. The molecule has 2 aromatic rings. The second-order valence-corrected chi connectivity index (χ2v) is 8.52. The minimum Gasteiger partial charge on any atom is -0.378 e. The van der Waals surface area contributed by atoms with Gasteiger partial charge in [0, 0.05) is 51.1 Å². The molecule has 1 unspecified atom stereocenters. The lowest BCUT2D eigenvalue weighted by molar-refractivity contribution is -0.136. The van der Waals surface area contributed by atoms with Crippen molar-refractivity contribution in [1.29, 1.82) is 0 Å². The van der Waals surface area contributed by atoms with Crippen molar-refractivity contribution in [3.8, 4) is 0 Å². The van der Waals surface area contributed by atoms with Crippen molar-refractivity contribution >= 4 is 23.4 Å². The number of nitrogens with zero attached hydrogens (tertiary/aromatic N) is 3. The van der Waals surface area contributed by atoms with Crippen LogP contribution in [0.25, 0.3) is 0 Å². The number of amides is 3. The Morgan fingerprint density at radius 1 is 1.23 bits per heavy atom. The molecule has 3 N–H and O–H groups in total. The molecule has 1 aromatic heterocycles. The topological polar surface area (TPSA) is 108 Å². The van der Waals surface area contributed by atoms with Gasteiger partial charge in [-0.05, 0) is 30.5 Å². The van der Waals surface area contributed by atoms with E-state index in [1.807, 2.05) is 36.9 Å². The molecular formula is C22H26N6O3. The van der Waals surface area contributed by atoms with Gasteiger partial charge in [0.15, 0.2) is 0 Å². The smallest absolute Gasteiger partial charge is 0.255 e. The first kappa shape index (κ1) is 19.7. The number of carbonyl (C=O) groups excluding carboxylic acids is 3. The van der Waals surface area contributed by atoms with Crippen molar-refractivity contribution in [3.05, 3.63) is 46.3 Å². The number of benzene rings is 1. The highest BCUT2D eigenvalue weighted by Gasteiger charge is 2.39. The van der Waals surface area contributed by atoms with Crippen molar-refractivity contribution in [3.63, 3.8) is 0 Å². The van der Waals surface area contributed by atoms with Gasteiger partial charge in [0.1, 0.15) is 6.04 Å². The van der Waals surface area contributed by atoms with Crippen LogP contribution >= 0.6 is 0 Å². The van der Waals surface area contributed by atoms with E-state index in [0.29, 0.717) is 31.0 Å². The molecular weight excluding hydrogens is 396 g/mol. The number of aryl methyl sites for hydroxylation is 2. The largest absolute Gasteiger partial charge is 0.378 e. The second kappa shape index (κ2) is 7.49. The van der Waals surface area contributed by atoms with Crippen LogP contribution < -0.4 is 16.0 Å². The number of anilines is 1. The lowest BCUT2D eigenvalue weighted by atomic mass is 9.97. The lowest BCUT2D eigenvalue weighted by Gasteiger charge is -2.29. The fourth-order valence-corrected chi connectivity index (χ4v) is 4.84. The van der Waals surface area contributed by atoms with Gasteiger partial charge < -0.3 is 15.5 Å². The van der Waals surface area contributed by atoms with Crippen LogP contribution in [0, 0.1) is 6.92 Å². The number of nitrogens with one attached hydrogen (secondary N) is 3. The zero-order valence-electron chi connectivity index (χ0n) is 17.7. The van der Waals surface area contributed by atoms with Gasteiger partial charge in [-0.25, -0.2) is 0 Å². The minimum atomic E-state index is -0.600. The highest BCUT2D eigenvalue weighted by atomic mass is 16.2. The Hall–Kier alpha value is -3.20. The molecule has 0 spiro atoms. The van der Waals surface area contributed by atoms with Crippen LogP contribution in [0.2, 0.25) is 0 Å². The first-order valence-electron chi connectivity index (χ1n) is 10.7. The van der Waals surface area contributed by atoms with E-state index in [1.54, 1.807) is 4.90 Å². The summed E-state index contributed by atoms with van der Waals surface area (Å²) in [5, 5.41) is 13.8. The molecule has 3 amide bonds. The van der Waals surface area contributed by atoms with Crippen molar-refractivity contribution in [2.75, 3.05) is 18.4 Å². The van der Waals surface area contributed by atoms with E-state index in [0.717, 1.165) is 35.6 Å². The number of piperidine rings is 1. The third kappa shape index (κ3) is 3.29. The summed E-state index contributed by atoms with van der Waals surface area (Å²) in [6, 6.07) is 5.11. The molecule has 5 rings (SSSR count). The van der Waals surface area contributed by atoms with Crippen LogP contribution in [0.3, 0.4) is 0 Å². The molecule has 9 heteroatoms. The van der Waals surface area contributed by atoms with Gasteiger partial charge in [-0.1, -0.05) is 12.1 Å². The van der Waals surface area contributed by atoms with Gasteiger partial charge in [-0.2, -0.15) is 5.10 Å². The van der Waals surface area contributed by atoms with E-state index in [4.69, 9.17) is 0 Å². The van der Waals surface area contributed by atoms with E-state index in [1.165, 1.54) is 5.69 Å². The summed E-state index contributed by atoms with van der Waals surface area (Å²) in [6.45, 7) is 4.85. The molecule has 4 heterocycles. The molecule has 0 saturated carbocycles. The third-order valence-corrected chi connectivity index (χ3v) is 6.57. The SMILES string of the molecule is Cc1nn(C)c(C2CNC2)c1NCc1cccc2c1CN(C1CCC(=O)NC1=O)C2=O. The van der Waals surface area contributed by atoms with Crippen LogP contribution in [0.4, 0.5) is 5.69 Å². The Labute approximate surface area is 180 Å². The first-order chi connectivity index (χ1) is 14.9. The molecule has 2 saturated heterocycles. The van der Waals surface area contributed by atoms with Crippen molar-refractivity contribution in [2.24, 2.45) is 7.05 Å². The standard InChI is InChI=1S/C22H26N6O3/c1-12-19(20(27(2)26-12)14-8-23-9-14)24-10-13-4-3-5-15-16(13)11-28(22(15)31)17-6-7-18(29)25-21(17)30/h3-5,14,17,23-24H,6-11H2,1-2H3,(H,25,29,30). The Morgan fingerprint density at radius 3 is 2.74 bits per heavy atom. The van der Waals surface area contributed by atoms with Gasteiger partial charge in [-0.3, -0.25) is 24.4 Å². The summed E-state index contributed by atoms with van der Waals surface area (Å²) in [5.41, 5.74) is 5.82. The number of hydrogen-bond donors (Lipinski definition) is 3. The van der Waals surface area contributed by atoms with Gasteiger partial charge in [0.2, 0.25) is 11.8 Å². The summed E-state index contributed by atoms with van der Waals surface area (Å²) < 4.78 is 1.95. The summed E-state index contributed by atoms with van der Waals surface area (Å²) in [4.78, 5) is 38.4. The number of hydrogen-bond acceptors (Lipinski definition) is 6. The fourth-order valence-electron chi connectivity index (χ4n) is 4.84. The molecule has 1 aromatic carbocycles. The van der Waals surface area contributed by atoms with Gasteiger partial charge in [0.05, 0.1) is 17.1 Å². The summed E-state index contributed by atoms with van der Waals surface area (Å²) in [6.07, 6.45) is 0.621. The highest BCUT2D eigenvalue weighted by Crippen LogP contribution is 2.33. The molecule has 0 bridgehead atoms. The van der Waals surface area contributed by atoms with E-state index >= 15 is 0 Å². The molecule has 1 atom stereocenters. The summed E-state index contributed by atoms with van der Waals surface area (Å²) in [7, 11) is 1.97. The average Bonchev–Trinajstić information content (AvgIpc) is 3.16. The Kier molecular flexibility index (Phi) is 4.77. The Morgan fingerprint density at radius 2 is 2.03 bits per heavy atom. The molecule has 2 fully saturated rings. The predicted octanol–water partition coefficient (Wildman–Crippen LogP) is 0.788. The van der Waals surface area contributed by atoms with Gasteiger partial charge in [0.25, 0.3) is 5.91 Å². The zero-order valence-corrected chi connectivity index (χ0v) is 17.7. The zero-order chi connectivity index (χ0) is 21.7. The molecule has 3 aliphatic heterocycles. The van der Waals surface area contributed by atoms with E-state index in [9.17, 15) is 14.4 Å². The molecule has 9 nitrogen and oxygen atoms in total. The van der Waals surface area contributed by atoms with E-state index < -0.39 is 6.04 Å². The minimum absolute atomic E-state index is 0.148. The normalized spacial score (nSPS) is 21.2. The van der Waals surface area contributed by atoms with Gasteiger partial charge >= 0.3 is 0 Å². The van der Waals surface area contributed by atoms with Crippen LogP contribution in [-0.2, 0) is 29.7 Å². The van der Waals surface area contributed by atoms with Crippen LogP contribution in [0.1, 0.15) is 51.6 Å². The molecule has 3 aliphatic rings. The quantitative estimate of drug-likeness (QED) is 0.615. The second-order valence-electron chi connectivity index (χ2n) is 8.52. The highest BCUT2D eigenvalue weighted by molar-refractivity contribution is 6.05. The number of carbonyl (C=O) groups is 3.